The first kappa shape index (κ1) is 17.6. The van der Waals surface area contributed by atoms with Gasteiger partial charge >= 0.3 is 0 Å². The molecule has 4 nitrogen and oxygen atoms in total. The van der Waals surface area contributed by atoms with E-state index >= 15 is 0 Å². The van der Waals surface area contributed by atoms with E-state index in [0.29, 0.717) is 24.1 Å². The molecule has 0 spiro atoms. The van der Waals surface area contributed by atoms with E-state index in [1.54, 1.807) is 11.8 Å². The Labute approximate surface area is 134 Å². The maximum Gasteiger partial charge on any atom is 0.164 e. The van der Waals surface area contributed by atoms with E-state index in [-0.39, 0.29) is 10.9 Å². The predicted molar refractivity (Wildman–Crippen MR) is 91.2 cm³/mol. The average Bonchev–Trinajstić information content (AvgIpc) is 2.46. The molecule has 2 aliphatic rings. The minimum Gasteiger partial charge on any atom is -0.329 e. The van der Waals surface area contributed by atoms with Crippen LogP contribution >= 0.6 is 11.8 Å². The van der Waals surface area contributed by atoms with Crippen LogP contribution in [0.25, 0.3) is 0 Å². The lowest BCUT2D eigenvalue weighted by Crippen LogP contribution is -2.64. The molecule has 3 atom stereocenters. The first-order valence-electron chi connectivity index (χ1n) is 8.03. The highest BCUT2D eigenvalue weighted by Gasteiger charge is 2.46. The van der Waals surface area contributed by atoms with Gasteiger partial charge in [0.1, 0.15) is 5.37 Å². The maximum absolute atomic E-state index is 12.2. The van der Waals surface area contributed by atoms with Crippen molar-refractivity contribution in [1.29, 1.82) is 0 Å². The topological polar surface area (TPSA) is 63.4 Å². The van der Waals surface area contributed by atoms with Crippen LogP contribution in [-0.4, -0.2) is 55.1 Å². The predicted octanol–water partition coefficient (Wildman–Crippen LogP) is 1.95. The summed E-state index contributed by atoms with van der Waals surface area (Å²) in [6, 6.07) is 0. The highest BCUT2D eigenvalue weighted by Crippen LogP contribution is 2.42. The van der Waals surface area contributed by atoms with Crippen LogP contribution in [0.2, 0.25) is 0 Å². The van der Waals surface area contributed by atoms with Gasteiger partial charge in [-0.3, -0.25) is 4.90 Å². The van der Waals surface area contributed by atoms with Crippen molar-refractivity contribution in [3.05, 3.63) is 0 Å². The van der Waals surface area contributed by atoms with Crippen LogP contribution in [0.15, 0.2) is 0 Å². The molecule has 3 unspecified atom stereocenters. The molecule has 0 radical (unpaired) electrons. The number of hydrogen-bond donors (Lipinski definition) is 1. The van der Waals surface area contributed by atoms with Crippen LogP contribution in [0.3, 0.4) is 0 Å². The normalized spacial score (nSPS) is 36.0. The molecule has 0 bridgehead atoms. The molecule has 1 aliphatic carbocycles. The molecule has 1 aliphatic heterocycles. The Morgan fingerprint density at radius 3 is 2.71 bits per heavy atom. The molecule has 2 rings (SSSR count). The zero-order valence-electron chi connectivity index (χ0n) is 13.5. The summed E-state index contributed by atoms with van der Waals surface area (Å²) >= 11 is 1.75. The lowest BCUT2D eigenvalue weighted by Gasteiger charge is -2.52. The van der Waals surface area contributed by atoms with Gasteiger partial charge in [-0.15, -0.1) is 0 Å². The van der Waals surface area contributed by atoms with Crippen molar-refractivity contribution >= 4 is 21.6 Å². The summed E-state index contributed by atoms with van der Waals surface area (Å²) in [4.78, 5) is 2.26. The van der Waals surface area contributed by atoms with Crippen molar-refractivity contribution in [2.75, 3.05) is 30.9 Å². The minimum atomic E-state index is -3.06. The monoisotopic (exact) mass is 334 g/mol. The number of sulfone groups is 1. The van der Waals surface area contributed by atoms with E-state index in [1.165, 1.54) is 19.1 Å². The van der Waals surface area contributed by atoms with Crippen LogP contribution in [-0.2, 0) is 9.84 Å². The zero-order valence-corrected chi connectivity index (χ0v) is 15.2. The second-order valence-electron chi connectivity index (χ2n) is 7.08. The minimum absolute atomic E-state index is 0.109. The van der Waals surface area contributed by atoms with E-state index in [2.05, 4.69) is 18.7 Å². The Morgan fingerprint density at radius 1 is 1.43 bits per heavy atom. The van der Waals surface area contributed by atoms with Crippen molar-refractivity contribution in [3.63, 3.8) is 0 Å². The lowest BCUT2D eigenvalue weighted by atomic mass is 9.71. The second-order valence-corrected chi connectivity index (χ2v) is 10.4. The molecule has 21 heavy (non-hydrogen) atoms. The molecule has 1 heterocycles. The Bertz CT molecular complexity index is 453. The van der Waals surface area contributed by atoms with Gasteiger partial charge in [0.15, 0.2) is 9.84 Å². The van der Waals surface area contributed by atoms with Crippen LogP contribution in [0, 0.1) is 11.8 Å². The summed E-state index contributed by atoms with van der Waals surface area (Å²) in [5.74, 6) is 3.01. The van der Waals surface area contributed by atoms with Crippen molar-refractivity contribution in [3.8, 4) is 0 Å². The Balaban J connectivity index is 2.29. The van der Waals surface area contributed by atoms with Crippen LogP contribution in [0.1, 0.15) is 39.5 Å². The highest BCUT2D eigenvalue weighted by atomic mass is 32.2. The van der Waals surface area contributed by atoms with Crippen molar-refractivity contribution in [2.45, 2.75) is 50.4 Å². The number of nitrogens with zero attached hydrogens (tertiary/aromatic N) is 1. The van der Waals surface area contributed by atoms with Gasteiger partial charge in [-0.2, -0.15) is 11.8 Å². The van der Waals surface area contributed by atoms with Gasteiger partial charge in [0, 0.05) is 36.4 Å². The molecule has 1 saturated carbocycles. The molecule has 0 aromatic heterocycles. The Hall–Kier alpha value is 0.220. The molecule has 0 amide bonds. The van der Waals surface area contributed by atoms with Crippen LogP contribution in [0.4, 0.5) is 0 Å². The van der Waals surface area contributed by atoms with Gasteiger partial charge in [0.25, 0.3) is 0 Å². The third-order valence-corrected chi connectivity index (χ3v) is 8.01. The van der Waals surface area contributed by atoms with Gasteiger partial charge < -0.3 is 5.73 Å². The summed E-state index contributed by atoms with van der Waals surface area (Å²) in [5, 5.41) is -0.356. The summed E-state index contributed by atoms with van der Waals surface area (Å²) in [7, 11) is -3.06. The van der Waals surface area contributed by atoms with E-state index < -0.39 is 9.84 Å². The number of rotatable bonds is 4. The van der Waals surface area contributed by atoms with E-state index in [9.17, 15) is 8.42 Å². The van der Waals surface area contributed by atoms with Crippen molar-refractivity contribution in [2.24, 2.45) is 17.6 Å². The van der Waals surface area contributed by atoms with E-state index in [1.807, 2.05) is 0 Å². The van der Waals surface area contributed by atoms with Gasteiger partial charge in [0.05, 0.1) is 0 Å². The molecule has 124 valence electrons. The lowest BCUT2D eigenvalue weighted by molar-refractivity contribution is 0.0223. The first-order chi connectivity index (χ1) is 9.80. The highest BCUT2D eigenvalue weighted by molar-refractivity contribution is 8.00. The Morgan fingerprint density at radius 2 is 2.14 bits per heavy atom. The van der Waals surface area contributed by atoms with Gasteiger partial charge in [-0.05, 0) is 24.7 Å². The quantitative estimate of drug-likeness (QED) is 0.851. The molecule has 2 fully saturated rings. The molecular weight excluding hydrogens is 304 g/mol. The SMILES string of the molecule is CC(C)C1CCCC(CN)(N2CCSCC2S(C)(=O)=O)C1. The van der Waals surface area contributed by atoms with E-state index in [0.717, 1.165) is 25.1 Å². The zero-order chi connectivity index (χ0) is 15.7. The summed E-state index contributed by atoms with van der Waals surface area (Å²) in [6.45, 7) is 5.98. The van der Waals surface area contributed by atoms with Crippen LogP contribution < -0.4 is 5.73 Å². The number of nitrogens with two attached hydrogens (primary N) is 1. The number of hydrogen-bond acceptors (Lipinski definition) is 5. The second kappa shape index (κ2) is 6.77. The molecule has 0 aromatic rings. The van der Waals surface area contributed by atoms with Gasteiger partial charge in [0.2, 0.25) is 0 Å². The number of thioether (sulfide) groups is 1. The standard InChI is InChI=1S/C15H30N2O2S2/c1-12(2)13-5-4-6-15(9-13,11-16)17-7-8-20-10-14(17)21(3,18)19/h12-14H,4-11,16H2,1-3H3. The Kier molecular flexibility index (Phi) is 5.66. The largest absolute Gasteiger partial charge is 0.329 e. The fourth-order valence-electron chi connectivity index (χ4n) is 4.00. The molecule has 1 saturated heterocycles. The van der Waals surface area contributed by atoms with Crippen LogP contribution in [0.5, 0.6) is 0 Å². The molecule has 0 aromatic carbocycles. The van der Waals surface area contributed by atoms with Gasteiger partial charge in [-0.25, -0.2) is 8.42 Å². The first-order valence-corrected chi connectivity index (χ1v) is 11.1. The summed E-state index contributed by atoms with van der Waals surface area (Å²) in [6.07, 6.45) is 5.90. The van der Waals surface area contributed by atoms with Gasteiger partial charge in [-0.1, -0.05) is 26.7 Å². The average molecular weight is 335 g/mol. The van der Waals surface area contributed by atoms with Crippen molar-refractivity contribution < 1.29 is 8.42 Å². The summed E-state index contributed by atoms with van der Waals surface area (Å²) < 4.78 is 24.4. The molecule has 6 heteroatoms. The third kappa shape index (κ3) is 3.77. The maximum atomic E-state index is 12.2. The fourth-order valence-corrected chi connectivity index (χ4v) is 6.94. The van der Waals surface area contributed by atoms with Crippen molar-refractivity contribution in [1.82, 2.24) is 4.90 Å². The fraction of sp³-hybridized carbons (Fsp3) is 1.00. The summed E-state index contributed by atoms with van der Waals surface area (Å²) in [5.41, 5.74) is 6.08. The smallest absolute Gasteiger partial charge is 0.164 e. The van der Waals surface area contributed by atoms with E-state index in [4.69, 9.17) is 5.73 Å². The molecular formula is C15H30N2O2S2. The third-order valence-electron chi connectivity index (χ3n) is 5.37. The molecule has 2 N–H and O–H groups in total.